The van der Waals surface area contributed by atoms with Crippen LogP contribution in [0.2, 0.25) is 5.02 Å². The van der Waals surface area contributed by atoms with Gasteiger partial charge in [-0.3, -0.25) is 25.0 Å². The first-order chi connectivity index (χ1) is 14.2. The zero-order valence-electron chi connectivity index (χ0n) is 15.2. The third-order valence-electron chi connectivity index (χ3n) is 3.93. The molecule has 0 aliphatic heterocycles. The van der Waals surface area contributed by atoms with Crippen molar-refractivity contribution in [2.45, 2.75) is 6.92 Å². The van der Waals surface area contributed by atoms with Crippen molar-refractivity contribution in [3.05, 3.63) is 78.3 Å². The van der Waals surface area contributed by atoms with Crippen molar-refractivity contribution in [1.29, 1.82) is 0 Å². The fourth-order valence-electron chi connectivity index (χ4n) is 2.50. The van der Waals surface area contributed by atoms with Gasteiger partial charge in [-0.1, -0.05) is 22.9 Å². The van der Waals surface area contributed by atoms with Crippen molar-refractivity contribution in [3.63, 3.8) is 0 Å². The average Bonchev–Trinajstić information content (AvgIpc) is 3.08. The van der Waals surface area contributed by atoms with E-state index in [1.807, 2.05) is 0 Å². The molecule has 1 aromatic heterocycles. The number of rotatable bonds is 6. The van der Waals surface area contributed by atoms with Crippen molar-refractivity contribution in [1.82, 2.24) is 4.98 Å². The van der Waals surface area contributed by atoms with Crippen LogP contribution in [-0.2, 0) is 0 Å². The molecule has 3 N–H and O–H groups in total. The van der Waals surface area contributed by atoms with Crippen LogP contribution >= 0.6 is 22.9 Å². The first kappa shape index (κ1) is 21.1. The van der Waals surface area contributed by atoms with Crippen molar-refractivity contribution < 1.29 is 14.6 Å². The fourth-order valence-corrected chi connectivity index (χ4v) is 3.55. The predicted molar refractivity (Wildman–Crippen MR) is 112 cm³/mol. The Morgan fingerprint density at radius 1 is 1.17 bits per heavy atom. The number of carbonyl (C=O) groups is 1. The molecule has 0 saturated heterocycles. The minimum Gasteiger partial charge on any atom is -0.332 e. The molecule has 0 bridgehead atoms. The van der Waals surface area contributed by atoms with Gasteiger partial charge < -0.3 is 5.32 Å². The Balaban J connectivity index is 1.89. The van der Waals surface area contributed by atoms with Gasteiger partial charge in [0.2, 0.25) is 0 Å². The van der Waals surface area contributed by atoms with Crippen LogP contribution in [-0.4, -0.2) is 20.7 Å². The van der Waals surface area contributed by atoms with E-state index >= 15 is 0 Å². The van der Waals surface area contributed by atoms with Crippen molar-refractivity contribution >= 4 is 56.7 Å². The molecule has 2 aromatic carbocycles. The average molecular weight is 449 g/mol. The van der Waals surface area contributed by atoms with Gasteiger partial charge in [-0.25, -0.2) is 15.8 Å². The van der Waals surface area contributed by atoms with E-state index in [2.05, 4.69) is 10.3 Å². The van der Waals surface area contributed by atoms with E-state index < -0.39 is 27.1 Å². The number of nitro groups is 2. The van der Waals surface area contributed by atoms with E-state index in [-0.39, 0.29) is 10.6 Å². The molecule has 3 aromatic rings. The lowest BCUT2D eigenvalue weighted by Gasteiger charge is -2.15. The topological polar surface area (TPSA) is 158 Å². The highest BCUT2D eigenvalue weighted by Gasteiger charge is 2.28. The summed E-state index contributed by atoms with van der Waals surface area (Å²) in [6.45, 7) is 1.59. The van der Waals surface area contributed by atoms with Crippen LogP contribution in [0.4, 0.5) is 27.9 Å². The van der Waals surface area contributed by atoms with Crippen molar-refractivity contribution in [2.24, 2.45) is 5.84 Å². The number of hydrazine groups is 1. The number of nitrogens with zero attached hydrogens (tertiary/aromatic N) is 4. The molecule has 154 valence electrons. The van der Waals surface area contributed by atoms with Gasteiger partial charge in [-0.15, -0.1) is 0 Å². The molecule has 3 rings (SSSR count). The maximum Gasteiger partial charge on any atom is 0.301 e. The van der Waals surface area contributed by atoms with Crippen LogP contribution in [0.3, 0.4) is 0 Å². The van der Waals surface area contributed by atoms with E-state index in [1.54, 1.807) is 31.2 Å². The third kappa shape index (κ3) is 4.35. The number of nitro benzene ring substituents is 2. The smallest absolute Gasteiger partial charge is 0.301 e. The van der Waals surface area contributed by atoms with Crippen LogP contribution in [0.15, 0.2) is 42.5 Å². The maximum atomic E-state index is 12.8. The standard InChI is InChI=1S/C17H13ClN6O5S/c1-9-15(30-17(20-9)21-11-4-2-10(18)3-5-11)16(25)22(19)13-7-6-12(23(26)27)8-14(13)24(28)29/h2-8H,19H2,1H3,(H,20,21). The van der Waals surface area contributed by atoms with Gasteiger partial charge in [-0.05, 0) is 37.3 Å². The quantitative estimate of drug-likeness (QED) is 0.246. The van der Waals surface area contributed by atoms with E-state index in [9.17, 15) is 25.0 Å². The van der Waals surface area contributed by atoms with E-state index in [4.69, 9.17) is 17.4 Å². The summed E-state index contributed by atoms with van der Waals surface area (Å²) in [4.78, 5) is 37.8. The number of anilines is 3. The highest BCUT2D eigenvalue weighted by molar-refractivity contribution is 7.17. The summed E-state index contributed by atoms with van der Waals surface area (Å²) >= 11 is 6.86. The van der Waals surface area contributed by atoms with Crippen LogP contribution < -0.4 is 16.2 Å². The number of non-ortho nitro benzene ring substituents is 1. The van der Waals surface area contributed by atoms with Crippen LogP contribution in [0, 0.1) is 27.2 Å². The number of nitrogens with two attached hydrogens (primary N) is 1. The van der Waals surface area contributed by atoms with E-state index in [0.29, 0.717) is 26.5 Å². The van der Waals surface area contributed by atoms with Gasteiger partial charge in [0.05, 0.1) is 21.6 Å². The molecular weight excluding hydrogens is 436 g/mol. The Morgan fingerprint density at radius 3 is 2.43 bits per heavy atom. The van der Waals surface area contributed by atoms with E-state index in [0.717, 1.165) is 29.5 Å². The number of halogens is 1. The van der Waals surface area contributed by atoms with Gasteiger partial charge in [0, 0.05) is 16.8 Å². The van der Waals surface area contributed by atoms with Gasteiger partial charge in [-0.2, -0.15) is 0 Å². The number of benzene rings is 2. The van der Waals surface area contributed by atoms with Crippen LogP contribution in [0.1, 0.15) is 15.4 Å². The summed E-state index contributed by atoms with van der Waals surface area (Å²) in [5.41, 5.74) is -0.378. The first-order valence-corrected chi connectivity index (χ1v) is 9.39. The first-order valence-electron chi connectivity index (χ1n) is 8.19. The molecule has 0 aliphatic carbocycles. The zero-order valence-corrected chi connectivity index (χ0v) is 16.8. The molecular formula is C17H13ClN6O5S. The molecule has 0 spiro atoms. The second-order valence-corrected chi connectivity index (χ2v) is 7.36. The Hall–Kier alpha value is -3.61. The van der Waals surface area contributed by atoms with Gasteiger partial charge in [0.25, 0.3) is 11.6 Å². The van der Waals surface area contributed by atoms with Crippen LogP contribution in [0.5, 0.6) is 0 Å². The summed E-state index contributed by atoms with van der Waals surface area (Å²) in [6, 6.07) is 9.67. The Labute approximate surface area is 178 Å². The van der Waals surface area contributed by atoms with Gasteiger partial charge in [0.15, 0.2) is 5.13 Å². The van der Waals surface area contributed by atoms with Crippen LogP contribution in [0.25, 0.3) is 0 Å². The molecule has 0 unspecified atom stereocenters. The van der Waals surface area contributed by atoms with Gasteiger partial charge >= 0.3 is 5.69 Å². The van der Waals surface area contributed by atoms with Gasteiger partial charge in [0.1, 0.15) is 10.6 Å². The second-order valence-electron chi connectivity index (χ2n) is 5.93. The lowest BCUT2D eigenvalue weighted by atomic mass is 10.2. The lowest BCUT2D eigenvalue weighted by Crippen LogP contribution is -2.37. The molecule has 30 heavy (non-hydrogen) atoms. The molecule has 0 atom stereocenters. The van der Waals surface area contributed by atoms with Crippen molar-refractivity contribution in [3.8, 4) is 0 Å². The molecule has 0 saturated carbocycles. The summed E-state index contributed by atoms with van der Waals surface area (Å²) < 4.78 is 0. The highest BCUT2D eigenvalue weighted by atomic mass is 35.5. The summed E-state index contributed by atoms with van der Waals surface area (Å²) in [6.07, 6.45) is 0. The number of carbonyl (C=O) groups excluding carboxylic acids is 1. The molecule has 0 radical (unpaired) electrons. The fraction of sp³-hybridized carbons (Fsp3) is 0.0588. The number of aryl methyl sites for hydroxylation is 1. The molecule has 11 nitrogen and oxygen atoms in total. The number of aromatic nitrogens is 1. The molecule has 1 amide bonds. The molecule has 1 heterocycles. The second kappa shape index (κ2) is 8.41. The maximum absolute atomic E-state index is 12.8. The molecule has 13 heteroatoms. The lowest BCUT2D eigenvalue weighted by molar-refractivity contribution is -0.393. The number of thiazole rings is 1. The Bertz CT molecular complexity index is 1150. The summed E-state index contributed by atoms with van der Waals surface area (Å²) in [7, 11) is 0. The number of hydrogen-bond donors (Lipinski definition) is 2. The predicted octanol–water partition coefficient (Wildman–Crippen LogP) is 4.19. The molecule has 0 fully saturated rings. The number of hydrogen-bond acceptors (Lipinski definition) is 9. The zero-order chi connectivity index (χ0) is 22.0. The minimum atomic E-state index is -0.845. The monoisotopic (exact) mass is 448 g/mol. The van der Waals surface area contributed by atoms with Crippen molar-refractivity contribution in [2.75, 3.05) is 10.3 Å². The summed E-state index contributed by atoms with van der Waals surface area (Å²) in [5.74, 6) is 5.09. The Morgan fingerprint density at radius 2 is 1.83 bits per heavy atom. The Kier molecular flexibility index (Phi) is 5.91. The third-order valence-corrected chi connectivity index (χ3v) is 5.24. The summed E-state index contributed by atoms with van der Waals surface area (Å²) in [5, 5.41) is 26.8. The largest absolute Gasteiger partial charge is 0.332 e. The normalized spacial score (nSPS) is 10.5. The number of nitrogens with one attached hydrogen (secondary N) is 1. The number of amides is 1. The highest BCUT2D eigenvalue weighted by Crippen LogP contribution is 2.33. The molecule has 0 aliphatic rings. The minimum absolute atomic E-state index is 0.154. The van der Waals surface area contributed by atoms with E-state index in [1.165, 1.54) is 0 Å². The SMILES string of the molecule is Cc1nc(Nc2ccc(Cl)cc2)sc1C(=O)N(N)c1ccc([N+](=O)[O-])cc1[N+](=O)[O-].